The Morgan fingerprint density at radius 2 is 1.48 bits per heavy atom. The lowest BCUT2D eigenvalue weighted by molar-refractivity contribution is -0.166. The summed E-state index contributed by atoms with van der Waals surface area (Å²) in [6.45, 7) is 18.0. The molecule has 0 bridgehead atoms. The summed E-state index contributed by atoms with van der Waals surface area (Å²) in [6, 6.07) is 0. The van der Waals surface area contributed by atoms with Crippen molar-refractivity contribution in [1.29, 1.82) is 0 Å². The molecule has 0 saturated carbocycles. The van der Waals surface area contributed by atoms with Gasteiger partial charge in [-0.05, 0) is 37.0 Å². The summed E-state index contributed by atoms with van der Waals surface area (Å²) in [4.78, 5) is 12.8. The fraction of sp³-hybridized carbons (Fsp3) is 0.947. The van der Waals surface area contributed by atoms with E-state index in [0.29, 0.717) is 6.61 Å². The van der Waals surface area contributed by atoms with Gasteiger partial charge in [-0.3, -0.25) is 4.79 Å². The highest BCUT2D eigenvalue weighted by molar-refractivity contribution is 5.77. The Balaban J connectivity index is 4.85. The summed E-state index contributed by atoms with van der Waals surface area (Å²) in [5, 5.41) is 0. The number of unbranched alkanes of at least 4 members (excludes halogenated alkanes) is 3. The van der Waals surface area contributed by atoms with Crippen molar-refractivity contribution in [3.8, 4) is 0 Å². The first-order valence-corrected chi connectivity index (χ1v) is 8.67. The van der Waals surface area contributed by atoms with Gasteiger partial charge in [0.25, 0.3) is 0 Å². The molecule has 0 aromatic rings. The Bertz CT molecular complexity index is 312. The lowest BCUT2D eigenvalue weighted by atomic mass is 9.59. The van der Waals surface area contributed by atoms with Crippen LogP contribution in [0.1, 0.15) is 93.9 Å². The van der Waals surface area contributed by atoms with Gasteiger partial charge < -0.3 is 4.74 Å². The van der Waals surface area contributed by atoms with E-state index >= 15 is 0 Å². The summed E-state index contributed by atoms with van der Waals surface area (Å²) in [7, 11) is 0. The minimum absolute atomic E-state index is 0.0132. The minimum Gasteiger partial charge on any atom is -0.465 e. The van der Waals surface area contributed by atoms with Crippen LogP contribution in [0.5, 0.6) is 0 Å². The third-order valence-corrected chi connectivity index (χ3v) is 4.94. The van der Waals surface area contributed by atoms with Gasteiger partial charge >= 0.3 is 5.97 Å². The molecule has 0 fully saturated rings. The van der Waals surface area contributed by atoms with Crippen molar-refractivity contribution in [1.82, 2.24) is 0 Å². The molecule has 0 aromatic carbocycles. The van der Waals surface area contributed by atoms with Gasteiger partial charge in [-0.1, -0.05) is 67.7 Å². The Morgan fingerprint density at radius 3 is 1.90 bits per heavy atom. The molecule has 0 rings (SSSR count). The molecule has 0 aromatic heterocycles. The fourth-order valence-electron chi connectivity index (χ4n) is 2.89. The number of rotatable bonds is 9. The van der Waals surface area contributed by atoms with E-state index in [-0.39, 0.29) is 16.8 Å². The monoisotopic (exact) mass is 298 g/mol. The molecule has 0 aliphatic rings. The van der Waals surface area contributed by atoms with Crippen molar-refractivity contribution in [2.75, 3.05) is 6.61 Å². The third-order valence-electron chi connectivity index (χ3n) is 4.94. The van der Waals surface area contributed by atoms with Gasteiger partial charge in [0.05, 0.1) is 12.0 Å². The van der Waals surface area contributed by atoms with Gasteiger partial charge in [0.2, 0.25) is 0 Å². The van der Waals surface area contributed by atoms with Crippen LogP contribution in [-0.4, -0.2) is 12.6 Å². The Morgan fingerprint density at radius 1 is 0.905 bits per heavy atom. The maximum atomic E-state index is 12.8. The van der Waals surface area contributed by atoms with E-state index in [1.807, 2.05) is 0 Å². The van der Waals surface area contributed by atoms with Gasteiger partial charge in [0.15, 0.2) is 0 Å². The van der Waals surface area contributed by atoms with Crippen molar-refractivity contribution in [3.05, 3.63) is 0 Å². The molecule has 0 N–H and O–H groups in total. The SMILES string of the molecule is CCCCCCOC(=O)C(C)(CC(C)(C)C)C(C)(C)CC. The fourth-order valence-corrected chi connectivity index (χ4v) is 2.89. The van der Waals surface area contributed by atoms with E-state index in [2.05, 4.69) is 55.4 Å². The van der Waals surface area contributed by atoms with Crippen LogP contribution in [0.15, 0.2) is 0 Å². The van der Waals surface area contributed by atoms with E-state index in [1.165, 1.54) is 12.8 Å². The summed E-state index contributed by atoms with van der Waals surface area (Å²) in [6.07, 6.45) is 6.39. The van der Waals surface area contributed by atoms with Gasteiger partial charge in [-0.2, -0.15) is 0 Å². The van der Waals surface area contributed by atoms with Crippen LogP contribution in [0, 0.1) is 16.2 Å². The van der Waals surface area contributed by atoms with Crippen LogP contribution in [-0.2, 0) is 9.53 Å². The molecule has 0 radical (unpaired) electrons. The molecule has 2 heteroatoms. The van der Waals surface area contributed by atoms with Crippen molar-refractivity contribution in [2.45, 2.75) is 93.9 Å². The normalized spacial score (nSPS) is 15.6. The molecule has 0 heterocycles. The zero-order valence-corrected chi connectivity index (χ0v) is 15.8. The molecule has 2 nitrogen and oxygen atoms in total. The molecule has 0 saturated heterocycles. The number of hydrogen-bond donors (Lipinski definition) is 0. The first kappa shape index (κ1) is 20.5. The molecule has 0 aliphatic heterocycles. The molecular formula is C19H38O2. The predicted octanol–water partition coefficient (Wildman–Crippen LogP) is 5.99. The van der Waals surface area contributed by atoms with E-state index in [4.69, 9.17) is 4.74 Å². The average molecular weight is 299 g/mol. The van der Waals surface area contributed by atoms with Crippen molar-refractivity contribution < 1.29 is 9.53 Å². The van der Waals surface area contributed by atoms with Crippen molar-refractivity contribution in [2.24, 2.45) is 16.2 Å². The van der Waals surface area contributed by atoms with Crippen LogP contribution >= 0.6 is 0 Å². The van der Waals surface area contributed by atoms with E-state index < -0.39 is 5.41 Å². The second kappa shape index (κ2) is 8.19. The second-order valence-corrected chi connectivity index (χ2v) is 8.50. The van der Waals surface area contributed by atoms with Gasteiger partial charge in [0, 0.05) is 0 Å². The third kappa shape index (κ3) is 6.40. The average Bonchev–Trinajstić information content (AvgIpc) is 2.35. The van der Waals surface area contributed by atoms with Crippen molar-refractivity contribution >= 4 is 5.97 Å². The topological polar surface area (TPSA) is 26.3 Å². The molecule has 0 amide bonds. The zero-order chi connectivity index (χ0) is 16.7. The van der Waals surface area contributed by atoms with E-state index in [0.717, 1.165) is 25.7 Å². The smallest absolute Gasteiger partial charge is 0.312 e. The van der Waals surface area contributed by atoms with Gasteiger partial charge in [0.1, 0.15) is 0 Å². The van der Waals surface area contributed by atoms with E-state index in [1.54, 1.807) is 0 Å². The minimum atomic E-state index is -0.426. The Labute approximate surface area is 133 Å². The number of ether oxygens (including phenoxy) is 1. The molecule has 21 heavy (non-hydrogen) atoms. The molecule has 126 valence electrons. The maximum Gasteiger partial charge on any atom is 0.312 e. The van der Waals surface area contributed by atoms with E-state index in [9.17, 15) is 4.79 Å². The molecular weight excluding hydrogens is 260 g/mol. The Hall–Kier alpha value is -0.530. The number of esters is 1. The molecule has 1 unspecified atom stereocenters. The van der Waals surface area contributed by atoms with Crippen LogP contribution in [0.2, 0.25) is 0 Å². The van der Waals surface area contributed by atoms with Gasteiger partial charge in [-0.25, -0.2) is 0 Å². The quantitative estimate of drug-likeness (QED) is 0.386. The van der Waals surface area contributed by atoms with Crippen LogP contribution in [0.4, 0.5) is 0 Å². The number of carbonyl (C=O) groups excluding carboxylic acids is 1. The van der Waals surface area contributed by atoms with Crippen LogP contribution < -0.4 is 0 Å². The Kier molecular flexibility index (Phi) is 7.99. The highest BCUT2D eigenvalue weighted by Crippen LogP contribution is 2.49. The predicted molar refractivity (Wildman–Crippen MR) is 91.4 cm³/mol. The van der Waals surface area contributed by atoms with Crippen LogP contribution in [0.3, 0.4) is 0 Å². The summed E-state index contributed by atoms with van der Waals surface area (Å²) < 4.78 is 5.65. The highest BCUT2D eigenvalue weighted by Gasteiger charge is 2.49. The van der Waals surface area contributed by atoms with Crippen LogP contribution in [0.25, 0.3) is 0 Å². The number of hydrogen-bond acceptors (Lipinski definition) is 2. The summed E-state index contributed by atoms with van der Waals surface area (Å²) in [5.41, 5.74) is -0.367. The lowest BCUT2D eigenvalue weighted by Gasteiger charge is -2.45. The zero-order valence-electron chi connectivity index (χ0n) is 15.8. The van der Waals surface area contributed by atoms with Gasteiger partial charge in [-0.15, -0.1) is 0 Å². The largest absolute Gasteiger partial charge is 0.465 e. The summed E-state index contributed by atoms with van der Waals surface area (Å²) in [5.74, 6) is -0.0132. The summed E-state index contributed by atoms with van der Waals surface area (Å²) >= 11 is 0. The molecule has 0 spiro atoms. The first-order chi connectivity index (χ1) is 9.50. The maximum absolute atomic E-state index is 12.8. The number of carbonyl (C=O) groups is 1. The molecule has 1 atom stereocenters. The highest BCUT2D eigenvalue weighted by atomic mass is 16.5. The molecule has 0 aliphatic carbocycles. The standard InChI is InChI=1S/C19H38O2/c1-9-11-12-13-14-21-16(20)19(8,15-17(3,4)5)18(6,7)10-2/h9-15H2,1-8H3. The van der Waals surface area contributed by atoms with Crippen molar-refractivity contribution in [3.63, 3.8) is 0 Å². The lowest BCUT2D eigenvalue weighted by Crippen LogP contribution is -2.45. The second-order valence-electron chi connectivity index (χ2n) is 8.50. The first-order valence-electron chi connectivity index (χ1n) is 8.67.